The van der Waals surface area contributed by atoms with Gasteiger partial charge in [0.2, 0.25) is 0 Å². The number of benzene rings is 1. The number of nitrogens with zero attached hydrogens (tertiary/aromatic N) is 1. The molecule has 0 amide bonds. The Labute approximate surface area is 131 Å². The minimum absolute atomic E-state index is 0.466. The lowest BCUT2D eigenvalue weighted by atomic mass is 10.1. The number of aryl methyl sites for hydroxylation is 1. The zero-order valence-electron chi connectivity index (χ0n) is 10.3. The van der Waals surface area contributed by atoms with Crippen molar-refractivity contribution in [3.63, 3.8) is 0 Å². The first-order valence-electron chi connectivity index (χ1n) is 5.88. The predicted molar refractivity (Wildman–Crippen MR) is 84.8 cm³/mol. The molecular weight excluding hydrogens is 323 g/mol. The fraction of sp³-hybridized carbons (Fsp3) is 0.308. The topological polar surface area (TPSA) is 38.9 Å². The average Bonchev–Trinajstić information content (AvgIpc) is 2.67. The summed E-state index contributed by atoms with van der Waals surface area (Å²) < 4.78 is 0. The third-order valence-electron chi connectivity index (χ3n) is 2.72. The minimum atomic E-state index is 0.466. The monoisotopic (exact) mass is 334 g/mol. The molecule has 1 aromatic carbocycles. The second-order valence-electron chi connectivity index (χ2n) is 4.21. The standard InChI is InChI=1S/C13H13Cl3N2S/c1-2-3-11-12(19-13(17)18-11)5-7-4-9(15)10(16)6-8(7)14/h4,6H,2-3,5H2,1H3,(H2,17,18). The van der Waals surface area contributed by atoms with E-state index in [9.17, 15) is 0 Å². The third kappa shape index (κ3) is 3.54. The zero-order chi connectivity index (χ0) is 14.0. The number of rotatable bonds is 4. The van der Waals surface area contributed by atoms with Crippen LogP contribution in [0.1, 0.15) is 29.5 Å². The van der Waals surface area contributed by atoms with Crippen molar-refractivity contribution in [1.82, 2.24) is 4.98 Å². The molecule has 0 radical (unpaired) electrons. The number of nitrogens with two attached hydrogens (primary N) is 1. The molecule has 1 heterocycles. The van der Waals surface area contributed by atoms with Gasteiger partial charge in [-0.25, -0.2) is 4.98 Å². The first kappa shape index (κ1) is 14.9. The van der Waals surface area contributed by atoms with Crippen molar-refractivity contribution < 1.29 is 0 Å². The van der Waals surface area contributed by atoms with Gasteiger partial charge in [-0.15, -0.1) is 11.3 Å². The maximum Gasteiger partial charge on any atom is 0.180 e. The van der Waals surface area contributed by atoms with Gasteiger partial charge in [-0.2, -0.15) is 0 Å². The number of hydrogen-bond donors (Lipinski definition) is 1. The molecule has 0 aliphatic rings. The lowest BCUT2D eigenvalue weighted by Gasteiger charge is -2.06. The Balaban J connectivity index is 2.33. The molecule has 0 fully saturated rings. The molecule has 2 rings (SSSR count). The van der Waals surface area contributed by atoms with Crippen LogP contribution in [0.4, 0.5) is 5.13 Å². The molecule has 19 heavy (non-hydrogen) atoms. The van der Waals surface area contributed by atoms with E-state index in [1.54, 1.807) is 12.1 Å². The second-order valence-corrected chi connectivity index (χ2v) is 6.54. The van der Waals surface area contributed by atoms with Gasteiger partial charge in [0.25, 0.3) is 0 Å². The second kappa shape index (κ2) is 6.31. The fourth-order valence-electron chi connectivity index (χ4n) is 1.85. The first-order chi connectivity index (χ1) is 9.01. The number of nitrogen functional groups attached to an aromatic ring is 1. The Morgan fingerprint density at radius 2 is 1.84 bits per heavy atom. The van der Waals surface area contributed by atoms with Gasteiger partial charge < -0.3 is 5.73 Å². The Bertz CT molecular complexity index is 596. The quantitative estimate of drug-likeness (QED) is 0.777. The average molecular weight is 336 g/mol. The van der Waals surface area contributed by atoms with E-state index >= 15 is 0 Å². The largest absolute Gasteiger partial charge is 0.375 e. The van der Waals surface area contributed by atoms with Crippen molar-refractivity contribution in [2.75, 3.05) is 5.73 Å². The lowest BCUT2D eigenvalue weighted by molar-refractivity contribution is 0.879. The Hall–Kier alpha value is -0.480. The molecule has 1 aromatic heterocycles. The fourth-order valence-corrected chi connectivity index (χ4v) is 3.38. The van der Waals surface area contributed by atoms with Gasteiger partial charge in [-0.1, -0.05) is 48.1 Å². The molecule has 0 aliphatic heterocycles. The predicted octanol–water partition coefficient (Wildman–Crippen LogP) is 5.23. The van der Waals surface area contributed by atoms with Gasteiger partial charge in [0, 0.05) is 16.3 Å². The normalized spacial score (nSPS) is 10.9. The van der Waals surface area contributed by atoms with Crippen LogP contribution in [0.15, 0.2) is 12.1 Å². The smallest absolute Gasteiger partial charge is 0.180 e. The molecule has 6 heteroatoms. The summed E-state index contributed by atoms with van der Waals surface area (Å²) in [6.07, 6.45) is 2.63. The van der Waals surface area contributed by atoms with Crippen LogP contribution in [0, 0.1) is 0 Å². The van der Waals surface area contributed by atoms with Crippen LogP contribution in [0.25, 0.3) is 0 Å². The van der Waals surface area contributed by atoms with Crippen LogP contribution < -0.4 is 5.73 Å². The zero-order valence-corrected chi connectivity index (χ0v) is 13.4. The summed E-state index contributed by atoms with van der Waals surface area (Å²) in [5, 5.41) is 2.18. The third-order valence-corrected chi connectivity index (χ3v) is 4.72. The molecule has 2 nitrogen and oxygen atoms in total. The van der Waals surface area contributed by atoms with Gasteiger partial charge >= 0.3 is 0 Å². The molecule has 0 spiro atoms. The molecular formula is C13H13Cl3N2S. The van der Waals surface area contributed by atoms with E-state index in [1.165, 1.54) is 11.3 Å². The van der Waals surface area contributed by atoms with E-state index in [4.69, 9.17) is 40.5 Å². The summed E-state index contributed by atoms with van der Waals surface area (Å²) in [6, 6.07) is 3.47. The summed E-state index contributed by atoms with van der Waals surface area (Å²) in [7, 11) is 0. The summed E-state index contributed by atoms with van der Waals surface area (Å²) in [5.74, 6) is 0. The van der Waals surface area contributed by atoms with Crippen molar-refractivity contribution in [2.45, 2.75) is 26.2 Å². The molecule has 0 saturated carbocycles. The van der Waals surface area contributed by atoms with Crippen molar-refractivity contribution in [1.29, 1.82) is 0 Å². The number of halogens is 3. The summed E-state index contributed by atoms with van der Waals surface area (Å²) in [4.78, 5) is 5.50. The van der Waals surface area contributed by atoms with Crippen LogP contribution in [0.5, 0.6) is 0 Å². The highest BCUT2D eigenvalue weighted by Gasteiger charge is 2.13. The molecule has 0 aliphatic carbocycles. The van der Waals surface area contributed by atoms with E-state index in [0.29, 0.717) is 26.6 Å². The number of aromatic nitrogens is 1. The lowest BCUT2D eigenvalue weighted by Crippen LogP contribution is -1.94. The van der Waals surface area contributed by atoms with Crippen molar-refractivity contribution >= 4 is 51.3 Å². The number of thiazole rings is 1. The van der Waals surface area contributed by atoms with Crippen molar-refractivity contribution in [3.05, 3.63) is 43.3 Å². The van der Waals surface area contributed by atoms with Crippen molar-refractivity contribution in [3.8, 4) is 0 Å². The first-order valence-corrected chi connectivity index (χ1v) is 7.83. The van der Waals surface area contributed by atoms with Gasteiger partial charge in [-0.05, 0) is 24.1 Å². The van der Waals surface area contributed by atoms with Crippen LogP contribution in [0.2, 0.25) is 15.1 Å². The highest BCUT2D eigenvalue weighted by atomic mass is 35.5. The SMILES string of the molecule is CCCc1nc(N)sc1Cc1cc(Cl)c(Cl)cc1Cl. The van der Waals surface area contributed by atoms with Crippen molar-refractivity contribution in [2.24, 2.45) is 0 Å². The van der Waals surface area contributed by atoms with Crippen LogP contribution >= 0.6 is 46.1 Å². The molecule has 2 N–H and O–H groups in total. The maximum atomic E-state index is 6.20. The van der Waals surface area contributed by atoms with Crippen LogP contribution in [-0.4, -0.2) is 4.98 Å². The van der Waals surface area contributed by atoms with Crippen LogP contribution in [-0.2, 0) is 12.8 Å². The molecule has 2 aromatic rings. The summed E-state index contributed by atoms with van der Waals surface area (Å²) in [6.45, 7) is 2.12. The molecule has 102 valence electrons. The molecule has 0 saturated heterocycles. The summed E-state index contributed by atoms with van der Waals surface area (Å²) >= 11 is 19.7. The van der Waals surface area contributed by atoms with E-state index in [0.717, 1.165) is 29.0 Å². The van der Waals surface area contributed by atoms with E-state index in [-0.39, 0.29) is 0 Å². The minimum Gasteiger partial charge on any atom is -0.375 e. The highest BCUT2D eigenvalue weighted by molar-refractivity contribution is 7.15. The number of hydrogen-bond acceptors (Lipinski definition) is 3. The van der Waals surface area contributed by atoms with E-state index < -0.39 is 0 Å². The van der Waals surface area contributed by atoms with Gasteiger partial charge in [0.05, 0.1) is 15.7 Å². The van der Waals surface area contributed by atoms with Crippen LogP contribution in [0.3, 0.4) is 0 Å². The summed E-state index contributed by atoms with van der Waals surface area (Å²) in [5.41, 5.74) is 7.77. The molecule has 0 atom stereocenters. The highest BCUT2D eigenvalue weighted by Crippen LogP contribution is 2.32. The Morgan fingerprint density at radius 3 is 2.53 bits per heavy atom. The van der Waals surface area contributed by atoms with E-state index in [2.05, 4.69) is 11.9 Å². The van der Waals surface area contributed by atoms with Gasteiger partial charge in [0.15, 0.2) is 5.13 Å². The Kier molecular flexibility index (Phi) is 4.96. The number of anilines is 1. The molecule has 0 unspecified atom stereocenters. The van der Waals surface area contributed by atoms with Gasteiger partial charge in [0.1, 0.15) is 0 Å². The van der Waals surface area contributed by atoms with Gasteiger partial charge in [-0.3, -0.25) is 0 Å². The van der Waals surface area contributed by atoms with E-state index in [1.807, 2.05) is 0 Å². The molecule has 0 bridgehead atoms. The Morgan fingerprint density at radius 1 is 1.16 bits per heavy atom. The maximum absolute atomic E-state index is 6.20.